The summed E-state index contributed by atoms with van der Waals surface area (Å²) in [5.74, 6) is -1.46. The normalized spacial score (nSPS) is 18.9. The Morgan fingerprint density at radius 1 is 1.42 bits per heavy atom. The summed E-state index contributed by atoms with van der Waals surface area (Å²) in [5, 5.41) is 9.23. The molecule has 2 rings (SSSR count). The van der Waals surface area contributed by atoms with Crippen molar-refractivity contribution in [2.45, 2.75) is 12.5 Å². The molecule has 100 valence electrons. The van der Waals surface area contributed by atoms with E-state index in [9.17, 15) is 14.4 Å². The van der Waals surface area contributed by atoms with E-state index in [4.69, 9.17) is 23.2 Å². The lowest BCUT2D eigenvalue weighted by Crippen LogP contribution is -2.40. The molecule has 1 aliphatic rings. The summed E-state index contributed by atoms with van der Waals surface area (Å²) in [6.07, 6.45) is -0.0784. The lowest BCUT2D eigenvalue weighted by Gasteiger charge is -2.11. The highest BCUT2D eigenvalue weighted by Gasteiger charge is 2.37. The number of hydrogen-bond donors (Lipinski definition) is 1. The second kappa shape index (κ2) is 5.10. The summed E-state index contributed by atoms with van der Waals surface area (Å²) in [5.41, 5.74) is -0.00327. The van der Waals surface area contributed by atoms with Gasteiger partial charge in [0.05, 0.1) is 12.0 Å². The van der Waals surface area contributed by atoms with Gasteiger partial charge >= 0.3 is 0 Å². The maximum atomic E-state index is 11.9. The van der Waals surface area contributed by atoms with Gasteiger partial charge in [-0.25, -0.2) is 0 Å². The molecule has 0 spiro atoms. The first-order valence-electron chi connectivity index (χ1n) is 5.20. The van der Waals surface area contributed by atoms with Crippen molar-refractivity contribution in [3.8, 4) is 0 Å². The van der Waals surface area contributed by atoms with Crippen molar-refractivity contribution in [2.75, 3.05) is 7.05 Å². The van der Waals surface area contributed by atoms with Gasteiger partial charge in [0.2, 0.25) is 5.91 Å². The molecule has 1 unspecified atom stereocenters. The molecular formula is C10H8Cl2N4O3. The zero-order valence-corrected chi connectivity index (χ0v) is 11.2. The minimum atomic E-state index is -0.895. The maximum Gasteiger partial charge on any atom is 0.255 e. The van der Waals surface area contributed by atoms with Crippen LogP contribution in [-0.4, -0.2) is 45.9 Å². The number of carbonyl (C=O) groups excluding carboxylic acids is 3. The van der Waals surface area contributed by atoms with E-state index >= 15 is 0 Å². The number of halogens is 2. The second-order valence-electron chi connectivity index (χ2n) is 3.89. The van der Waals surface area contributed by atoms with Gasteiger partial charge in [0, 0.05) is 7.05 Å². The molecule has 7 nitrogen and oxygen atoms in total. The van der Waals surface area contributed by atoms with Gasteiger partial charge in [0.1, 0.15) is 6.04 Å². The third-order valence-electron chi connectivity index (χ3n) is 2.65. The van der Waals surface area contributed by atoms with Crippen LogP contribution in [0.4, 0.5) is 0 Å². The monoisotopic (exact) mass is 302 g/mol. The second-order valence-corrected chi connectivity index (χ2v) is 4.64. The Balaban J connectivity index is 2.16. The lowest BCUT2D eigenvalue weighted by atomic mass is 10.2. The molecule has 1 atom stereocenters. The minimum Gasteiger partial charge on any atom is -0.340 e. The van der Waals surface area contributed by atoms with Crippen LogP contribution in [0.1, 0.15) is 16.8 Å². The molecule has 0 aromatic carbocycles. The van der Waals surface area contributed by atoms with Crippen molar-refractivity contribution in [2.24, 2.45) is 0 Å². The number of hydrogen-bond acceptors (Lipinski definition) is 5. The molecule has 0 aliphatic carbocycles. The number of likely N-dealkylation sites (tertiary alicyclic amines) is 1. The summed E-state index contributed by atoms with van der Waals surface area (Å²) >= 11 is 11.3. The van der Waals surface area contributed by atoms with Gasteiger partial charge in [0.25, 0.3) is 11.8 Å². The molecule has 9 heteroatoms. The van der Waals surface area contributed by atoms with Crippen molar-refractivity contribution in [1.82, 2.24) is 20.4 Å². The molecular weight excluding hydrogens is 295 g/mol. The van der Waals surface area contributed by atoms with E-state index in [0.29, 0.717) is 0 Å². The number of rotatable bonds is 2. The van der Waals surface area contributed by atoms with E-state index in [1.807, 2.05) is 0 Å². The SMILES string of the molecule is CN1C(=O)CC(NC(=O)c2cc(Cl)nnc2Cl)C1=O. The molecule has 2 heterocycles. The molecule has 1 aliphatic heterocycles. The van der Waals surface area contributed by atoms with Crippen LogP contribution in [0.25, 0.3) is 0 Å². The number of likely N-dealkylation sites (N-methyl/N-ethyl adjacent to an activating group) is 1. The van der Waals surface area contributed by atoms with Gasteiger partial charge in [-0.15, -0.1) is 10.2 Å². The van der Waals surface area contributed by atoms with Crippen LogP contribution < -0.4 is 5.32 Å². The standard InChI is InChI=1S/C10H8Cl2N4O3/c1-16-7(17)3-5(10(16)19)13-9(18)4-2-6(11)14-15-8(4)12/h2,5H,3H2,1H3,(H,13,18). The Morgan fingerprint density at radius 3 is 2.68 bits per heavy atom. The quantitative estimate of drug-likeness (QED) is 0.792. The number of carbonyl (C=O) groups is 3. The molecule has 3 amide bonds. The highest BCUT2D eigenvalue weighted by atomic mass is 35.5. The fraction of sp³-hybridized carbons (Fsp3) is 0.300. The molecule has 1 fully saturated rings. The van der Waals surface area contributed by atoms with Crippen molar-refractivity contribution in [1.29, 1.82) is 0 Å². The third-order valence-corrected chi connectivity index (χ3v) is 3.11. The van der Waals surface area contributed by atoms with Gasteiger partial charge in [-0.3, -0.25) is 19.3 Å². The van der Waals surface area contributed by atoms with Gasteiger partial charge < -0.3 is 5.32 Å². The minimum absolute atomic E-state index is 0.000456. The van der Waals surface area contributed by atoms with Crippen molar-refractivity contribution < 1.29 is 14.4 Å². The Morgan fingerprint density at radius 2 is 2.11 bits per heavy atom. The largest absolute Gasteiger partial charge is 0.340 e. The van der Waals surface area contributed by atoms with Crippen LogP contribution in [0, 0.1) is 0 Å². The summed E-state index contributed by atoms with van der Waals surface area (Å²) in [7, 11) is 1.36. The summed E-state index contributed by atoms with van der Waals surface area (Å²) in [6.45, 7) is 0. The molecule has 0 bridgehead atoms. The Bertz CT molecular complexity index is 578. The van der Waals surface area contributed by atoms with Crippen LogP contribution >= 0.6 is 23.2 Å². The van der Waals surface area contributed by atoms with Gasteiger partial charge in [-0.1, -0.05) is 23.2 Å². The first-order chi connectivity index (χ1) is 8.90. The number of nitrogens with zero attached hydrogens (tertiary/aromatic N) is 3. The lowest BCUT2D eigenvalue weighted by molar-refractivity contribution is -0.137. The predicted molar refractivity (Wildman–Crippen MR) is 65.7 cm³/mol. The summed E-state index contributed by atoms with van der Waals surface area (Å²) in [4.78, 5) is 35.8. The van der Waals surface area contributed by atoms with Crippen molar-refractivity contribution >= 4 is 40.9 Å². The van der Waals surface area contributed by atoms with Crippen LogP contribution in [0.3, 0.4) is 0 Å². The van der Waals surface area contributed by atoms with Gasteiger partial charge in [-0.05, 0) is 6.07 Å². The highest BCUT2D eigenvalue weighted by Crippen LogP contribution is 2.17. The number of nitrogens with one attached hydrogen (secondary N) is 1. The highest BCUT2D eigenvalue weighted by molar-refractivity contribution is 6.34. The zero-order valence-electron chi connectivity index (χ0n) is 9.68. The summed E-state index contributed by atoms with van der Waals surface area (Å²) < 4.78 is 0. The van der Waals surface area contributed by atoms with Crippen molar-refractivity contribution in [3.05, 3.63) is 21.9 Å². The molecule has 1 N–H and O–H groups in total. The van der Waals surface area contributed by atoms with Crippen LogP contribution in [0.5, 0.6) is 0 Å². The van der Waals surface area contributed by atoms with E-state index in [-0.39, 0.29) is 28.2 Å². The van der Waals surface area contributed by atoms with Gasteiger partial charge in [0.15, 0.2) is 10.3 Å². The smallest absolute Gasteiger partial charge is 0.255 e. The maximum absolute atomic E-state index is 11.9. The van der Waals surface area contributed by atoms with E-state index in [1.54, 1.807) is 0 Å². The predicted octanol–water partition coefficient (Wildman–Crippen LogP) is 0.270. The number of imide groups is 1. The first-order valence-corrected chi connectivity index (χ1v) is 5.95. The molecule has 0 radical (unpaired) electrons. The molecule has 1 aromatic rings. The van der Waals surface area contributed by atoms with E-state index in [1.165, 1.54) is 13.1 Å². The van der Waals surface area contributed by atoms with E-state index in [2.05, 4.69) is 15.5 Å². The third kappa shape index (κ3) is 2.66. The molecule has 19 heavy (non-hydrogen) atoms. The summed E-state index contributed by atoms with van der Waals surface area (Å²) in [6, 6.07) is 0.338. The Labute approximate surface area is 117 Å². The van der Waals surface area contributed by atoms with Crippen LogP contribution in [0.2, 0.25) is 10.3 Å². The fourth-order valence-corrected chi connectivity index (χ4v) is 1.94. The Hall–Kier alpha value is -1.73. The van der Waals surface area contributed by atoms with Crippen LogP contribution in [-0.2, 0) is 9.59 Å². The van der Waals surface area contributed by atoms with E-state index < -0.39 is 17.9 Å². The van der Waals surface area contributed by atoms with Gasteiger partial charge in [-0.2, -0.15) is 0 Å². The first kappa shape index (κ1) is 13.7. The fourth-order valence-electron chi connectivity index (χ4n) is 1.62. The Kier molecular flexibility index (Phi) is 3.68. The zero-order chi connectivity index (χ0) is 14.2. The number of aromatic nitrogens is 2. The number of amides is 3. The molecule has 1 saturated heterocycles. The molecule has 0 saturated carbocycles. The average molecular weight is 303 g/mol. The molecule has 1 aromatic heterocycles. The topological polar surface area (TPSA) is 92.3 Å². The average Bonchev–Trinajstić information content (AvgIpc) is 2.60. The van der Waals surface area contributed by atoms with Crippen molar-refractivity contribution in [3.63, 3.8) is 0 Å². The van der Waals surface area contributed by atoms with Crippen LogP contribution in [0.15, 0.2) is 6.07 Å². The van der Waals surface area contributed by atoms with E-state index in [0.717, 1.165) is 4.90 Å².